The van der Waals surface area contributed by atoms with Crippen molar-refractivity contribution < 1.29 is 14.9 Å². The summed E-state index contributed by atoms with van der Waals surface area (Å²) in [6.45, 7) is 2.87. The minimum absolute atomic E-state index is 0. The molecule has 0 saturated carbocycles. The van der Waals surface area contributed by atoms with Crippen LogP contribution < -0.4 is 5.73 Å². The van der Waals surface area contributed by atoms with Gasteiger partial charge in [-0.15, -0.1) is 12.4 Å². The lowest BCUT2D eigenvalue weighted by Gasteiger charge is -2.32. The predicted molar refractivity (Wildman–Crippen MR) is 117 cm³/mol. The van der Waals surface area contributed by atoms with Crippen LogP contribution in [-0.2, 0) is 23.3 Å². The summed E-state index contributed by atoms with van der Waals surface area (Å²) < 4.78 is 5.76. The van der Waals surface area contributed by atoms with Gasteiger partial charge in [0.15, 0.2) is 0 Å². The molecule has 0 aliphatic carbocycles. The summed E-state index contributed by atoms with van der Waals surface area (Å²) >= 11 is 0. The number of aryl methyl sites for hydroxylation is 1. The molecule has 0 aliphatic rings. The molecule has 28 heavy (non-hydrogen) atoms. The highest BCUT2D eigenvalue weighted by Crippen LogP contribution is 2.24. The van der Waals surface area contributed by atoms with Gasteiger partial charge in [0.25, 0.3) is 0 Å². The molecule has 5 heteroatoms. The number of hydrogen-bond acceptors (Lipinski definition) is 4. The van der Waals surface area contributed by atoms with Crippen LogP contribution in [0, 0.1) is 0 Å². The van der Waals surface area contributed by atoms with E-state index in [0.29, 0.717) is 13.0 Å². The molecule has 0 heterocycles. The molecule has 0 aromatic heterocycles. The second kappa shape index (κ2) is 12.9. The van der Waals surface area contributed by atoms with Crippen LogP contribution in [-0.4, -0.2) is 29.5 Å². The normalized spacial score (nSPS) is 14.1. The molecule has 2 aromatic carbocycles. The number of halogens is 1. The molecule has 2 atom stereocenters. The number of aliphatic hydroxyl groups is 2. The van der Waals surface area contributed by atoms with Crippen molar-refractivity contribution >= 4 is 12.4 Å². The molecule has 2 unspecified atom stereocenters. The third-order valence-corrected chi connectivity index (χ3v) is 5.10. The lowest BCUT2D eigenvalue weighted by atomic mass is 9.84. The molecule has 0 radical (unpaired) electrons. The van der Waals surface area contributed by atoms with E-state index in [-0.39, 0.29) is 19.0 Å². The molecule has 2 aromatic rings. The molecule has 0 fully saturated rings. The fourth-order valence-electron chi connectivity index (χ4n) is 3.21. The van der Waals surface area contributed by atoms with E-state index in [2.05, 4.69) is 24.3 Å². The van der Waals surface area contributed by atoms with Crippen molar-refractivity contribution in [2.75, 3.05) is 13.2 Å². The Labute approximate surface area is 175 Å². The van der Waals surface area contributed by atoms with Crippen molar-refractivity contribution in [3.8, 4) is 0 Å². The van der Waals surface area contributed by atoms with Crippen LogP contribution in [0.2, 0.25) is 0 Å². The van der Waals surface area contributed by atoms with E-state index in [4.69, 9.17) is 10.5 Å². The van der Waals surface area contributed by atoms with E-state index in [0.717, 1.165) is 37.0 Å². The van der Waals surface area contributed by atoms with Crippen molar-refractivity contribution in [2.24, 2.45) is 5.73 Å². The molecule has 156 valence electrons. The van der Waals surface area contributed by atoms with Gasteiger partial charge in [-0.2, -0.15) is 0 Å². The zero-order valence-electron chi connectivity index (χ0n) is 16.7. The molecule has 0 aliphatic heterocycles. The Bertz CT molecular complexity index is 651. The van der Waals surface area contributed by atoms with Gasteiger partial charge < -0.3 is 20.7 Å². The topological polar surface area (TPSA) is 75.7 Å². The molecule has 4 nitrogen and oxygen atoms in total. The van der Waals surface area contributed by atoms with Gasteiger partial charge in [-0.3, -0.25) is 0 Å². The minimum Gasteiger partial charge on any atom is -0.394 e. The van der Waals surface area contributed by atoms with Gasteiger partial charge in [-0.05, 0) is 42.4 Å². The lowest BCUT2D eigenvalue weighted by molar-refractivity contribution is 0.0384. The van der Waals surface area contributed by atoms with Gasteiger partial charge in [0.05, 0.1) is 24.9 Å². The van der Waals surface area contributed by atoms with E-state index >= 15 is 0 Å². The van der Waals surface area contributed by atoms with Crippen LogP contribution in [0.3, 0.4) is 0 Å². The number of hydrogen-bond donors (Lipinski definition) is 3. The molecule has 0 amide bonds. The quantitative estimate of drug-likeness (QED) is 0.465. The number of nitrogens with two attached hydrogens (primary N) is 1. The van der Waals surface area contributed by atoms with Crippen molar-refractivity contribution in [1.29, 1.82) is 0 Å². The fourth-order valence-corrected chi connectivity index (χ4v) is 3.21. The number of benzene rings is 2. The smallest absolute Gasteiger partial charge is 0.0906 e. The summed E-state index contributed by atoms with van der Waals surface area (Å²) in [5.41, 5.74) is 8.28. The average Bonchev–Trinajstić information content (AvgIpc) is 2.73. The van der Waals surface area contributed by atoms with Crippen molar-refractivity contribution in [3.63, 3.8) is 0 Å². The number of rotatable bonds is 12. The Morgan fingerprint density at radius 2 is 1.64 bits per heavy atom. The molecule has 2 rings (SSSR count). The highest BCUT2D eigenvalue weighted by atomic mass is 35.5. The maximum atomic E-state index is 10.1. The summed E-state index contributed by atoms with van der Waals surface area (Å²) in [5, 5.41) is 19.7. The highest BCUT2D eigenvalue weighted by Gasteiger charge is 2.33. The summed E-state index contributed by atoms with van der Waals surface area (Å²) in [6, 6.07) is 18.2. The molecule has 0 saturated heterocycles. The highest BCUT2D eigenvalue weighted by molar-refractivity contribution is 5.85. The van der Waals surface area contributed by atoms with E-state index in [1.807, 2.05) is 37.3 Å². The van der Waals surface area contributed by atoms with E-state index in [9.17, 15) is 10.2 Å². The maximum absolute atomic E-state index is 10.1. The first kappa shape index (κ1) is 24.6. The number of aliphatic hydroxyl groups excluding tert-OH is 2. The second-order valence-electron chi connectivity index (χ2n) is 7.17. The molecular formula is C23H34ClNO3. The van der Waals surface area contributed by atoms with E-state index in [1.54, 1.807) is 0 Å². The third kappa shape index (κ3) is 7.19. The standard InChI is InChI=1S/C23H33NO3.ClH/c1-2-22(26)23(24,18-25)21-14-12-20(13-15-21)17-27-16-8-4-7-11-19-9-5-3-6-10-19;/h3,5-6,9-10,12-15,22,25-26H,2,4,7-8,11,16-18,24H2,1H3;1H. The van der Waals surface area contributed by atoms with Crippen LogP contribution in [0.25, 0.3) is 0 Å². The molecule has 0 spiro atoms. The number of ether oxygens (including phenoxy) is 1. The first-order valence-corrected chi connectivity index (χ1v) is 9.89. The zero-order chi connectivity index (χ0) is 19.5. The van der Waals surface area contributed by atoms with Crippen LogP contribution in [0.4, 0.5) is 0 Å². The Morgan fingerprint density at radius 1 is 0.964 bits per heavy atom. The van der Waals surface area contributed by atoms with Gasteiger partial charge in [-0.1, -0.05) is 67.9 Å². The van der Waals surface area contributed by atoms with Gasteiger partial charge in [0, 0.05) is 6.61 Å². The molecular weight excluding hydrogens is 374 g/mol. The second-order valence-corrected chi connectivity index (χ2v) is 7.17. The third-order valence-electron chi connectivity index (χ3n) is 5.10. The fraction of sp³-hybridized carbons (Fsp3) is 0.478. The molecule has 0 bridgehead atoms. The van der Waals surface area contributed by atoms with Crippen LogP contribution in [0.1, 0.15) is 49.3 Å². The first-order chi connectivity index (χ1) is 13.1. The average molecular weight is 408 g/mol. The Hall–Kier alpha value is -1.43. The Balaban J connectivity index is 0.00000392. The van der Waals surface area contributed by atoms with Gasteiger partial charge in [-0.25, -0.2) is 0 Å². The maximum Gasteiger partial charge on any atom is 0.0906 e. The van der Waals surface area contributed by atoms with Gasteiger partial charge in [0.1, 0.15) is 0 Å². The van der Waals surface area contributed by atoms with E-state index in [1.165, 1.54) is 12.0 Å². The SMILES string of the molecule is CCC(O)C(N)(CO)c1ccc(COCCCCCc2ccccc2)cc1.Cl. The zero-order valence-corrected chi connectivity index (χ0v) is 17.5. The van der Waals surface area contributed by atoms with E-state index < -0.39 is 11.6 Å². The van der Waals surface area contributed by atoms with Gasteiger partial charge >= 0.3 is 0 Å². The lowest BCUT2D eigenvalue weighted by Crippen LogP contribution is -2.50. The predicted octanol–water partition coefficient (Wildman–Crippen LogP) is 3.96. The largest absolute Gasteiger partial charge is 0.394 e. The summed E-state index contributed by atoms with van der Waals surface area (Å²) in [5.74, 6) is 0. The summed E-state index contributed by atoms with van der Waals surface area (Å²) in [7, 11) is 0. The Kier molecular flexibility index (Phi) is 11.4. The van der Waals surface area contributed by atoms with Crippen LogP contribution >= 0.6 is 12.4 Å². The van der Waals surface area contributed by atoms with Crippen molar-refractivity contribution in [3.05, 3.63) is 71.3 Å². The molecule has 4 N–H and O–H groups in total. The van der Waals surface area contributed by atoms with Crippen molar-refractivity contribution in [2.45, 2.75) is 57.3 Å². The van der Waals surface area contributed by atoms with Crippen molar-refractivity contribution in [1.82, 2.24) is 0 Å². The minimum atomic E-state index is -1.12. The first-order valence-electron chi connectivity index (χ1n) is 9.89. The Morgan fingerprint density at radius 3 is 2.25 bits per heavy atom. The monoisotopic (exact) mass is 407 g/mol. The summed E-state index contributed by atoms with van der Waals surface area (Å²) in [4.78, 5) is 0. The van der Waals surface area contributed by atoms with Crippen LogP contribution in [0.15, 0.2) is 54.6 Å². The summed E-state index contributed by atoms with van der Waals surface area (Å²) in [6.07, 6.45) is 4.24. The number of unbranched alkanes of at least 4 members (excludes halogenated alkanes) is 2. The van der Waals surface area contributed by atoms with Crippen LogP contribution in [0.5, 0.6) is 0 Å². The van der Waals surface area contributed by atoms with Gasteiger partial charge in [0.2, 0.25) is 0 Å².